The van der Waals surface area contributed by atoms with E-state index in [2.05, 4.69) is 5.32 Å². The third-order valence-corrected chi connectivity index (χ3v) is 5.01. The molecule has 1 aromatic rings. The summed E-state index contributed by atoms with van der Waals surface area (Å²) in [6.45, 7) is 6.40. The fraction of sp³-hybridized carbons (Fsp3) is 0.579. The summed E-state index contributed by atoms with van der Waals surface area (Å²) in [6, 6.07) is 7.34. The molecule has 2 bridgehead atoms. The molecule has 0 spiro atoms. The van der Waals surface area contributed by atoms with Crippen LogP contribution in [-0.2, 0) is 16.1 Å². The van der Waals surface area contributed by atoms with Crippen molar-refractivity contribution in [3.8, 4) is 0 Å². The van der Waals surface area contributed by atoms with Crippen molar-refractivity contribution in [2.24, 2.45) is 5.92 Å². The van der Waals surface area contributed by atoms with Crippen molar-refractivity contribution in [1.82, 2.24) is 10.2 Å². The zero-order valence-electron chi connectivity index (χ0n) is 15.3. The topological polar surface area (TPSA) is 67.9 Å². The van der Waals surface area contributed by atoms with Gasteiger partial charge in [0, 0.05) is 23.7 Å². The normalized spacial score (nSPS) is 24.5. The van der Waals surface area contributed by atoms with Gasteiger partial charge in [0.2, 0.25) is 0 Å². The van der Waals surface area contributed by atoms with Gasteiger partial charge in [0.15, 0.2) is 0 Å². The fourth-order valence-electron chi connectivity index (χ4n) is 3.60. The molecule has 2 fully saturated rings. The van der Waals surface area contributed by atoms with Crippen molar-refractivity contribution in [3.05, 3.63) is 34.9 Å². The summed E-state index contributed by atoms with van der Waals surface area (Å²) in [5, 5.41) is 3.58. The summed E-state index contributed by atoms with van der Waals surface area (Å²) in [7, 11) is 0. The number of hydrogen-bond donors (Lipinski definition) is 1. The number of nitrogens with one attached hydrogen (secondary N) is 1. The number of amides is 2. The highest BCUT2D eigenvalue weighted by molar-refractivity contribution is 6.30. The van der Waals surface area contributed by atoms with Gasteiger partial charge in [-0.15, -0.1) is 0 Å². The lowest BCUT2D eigenvalue weighted by Gasteiger charge is -2.33. The molecule has 26 heavy (non-hydrogen) atoms. The van der Waals surface area contributed by atoms with Gasteiger partial charge in [-0.3, -0.25) is 0 Å². The Hall–Kier alpha value is -1.95. The van der Waals surface area contributed by atoms with Gasteiger partial charge in [-0.1, -0.05) is 23.7 Å². The van der Waals surface area contributed by atoms with Crippen LogP contribution >= 0.6 is 11.6 Å². The average Bonchev–Trinajstić information content (AvgIpc) is 3.13. The number of fused-ring (bicyclic) bond motifs is 2. The molecule has 1 saturated carbocycles. The Labute approximate surface area is 158 Å². The minimum atomic E-state index is -0.498. The fourth-order valence-corrected chi connectivity index (χ4v) is 3.72. The van der Waals surface area contributed by atoms with E-state index in [-0.39, 0.29) is 30.7 Å². The molecule has 1 aromatic carbocycles. The van der Waals surface area contributed by atoms with Crippen LogP contribution < -0.4 is 5.32 Å². The molecule has 1 N–H and O–H groups in total. The zero-order valence-corrected chi connectivity index (χ0v) is 16.1. The second-order valence-corrected chi connectivity index (χ2v) is 8.41. The average molecular weight is 381 g/mol. The minimum Gasteiger partial charge on any atom is -0.445 e. The van der Waals surface area contributed by atoms with Gasteiger partial charge in [0.25, 0.3) is 0 Å². The van der Waals surface area contributed by atoms with E-state index in [0.717, 1.165) is 18.4 Å². The van der Waals surface area contributed by atoms with Crippen molar-refractivity contribution in [3.63, 3.8) is 0 Å². The second-order valence-electron chi connectivity index (χ2n) is 7.97. The number of carbonyl (C=O) groups excluding carboxylic acids is 2. The number of likely N-dealkylation sites (tertiary alicyclic amines) is 1. The minimum absolute atomic E-state index is 0.0383. The van der Waals surface area contributed by atoms with E-state index < -0.39 is 11.7 Å². The second kappa shape index (κ2) is 7.35. The van der Waals surface area contributed by atoms with Crippen molar-refractivity contribution in [2.45, 2.75) is 57.9 Å². The van der Waals surface area contributed by atoms with E-state index in [4.69, 9.17) is 21.1 Å². The molecule has 1 saturated heterocycles. The van der Waals surface area contributed by atoms with Gasteiger partial charge in [-0.25, -0.2) is 9.59 Å². The first kappa shape index (κ1) is 18.8. The van der Waals surface area contributed by atoms with Gasteiger partial charge in [-0.2, -0.15) is 0 Å². The predicted molar refractivity (Wildman–Crippen MR) is 98.0 cm³/mol. The number of hydrogen-bond acceptors (Lipinski definition) is 4. The van der Waals surface area contributed by atoms with E-state index in [1.165, 1.54) is 0 Å². The number of carbonyl (C=O) groups is 2. The van der Waals surface area contributed by atoms with Crippen LogP contribution in [0.3, 0.4) is 0 Å². The summed E-state index contributed by atoms with van der Waals surface area (Å²) in [4.78, 5) is 26.1. The molecule has 142 valence electrons. The Kier molecular flexibility index (Phi) is 5.32. The van der Waals surface area contributed by atoms with Crippen LogP contribution in [0, 0.1) is 5.92 Å². The Balaban J connectivity index is 1.44. The maximum absolute atomic E-state index is 12.2. The molecule has 1 aliphatic heterocycles. The van der Waals surface area contributed by atoms with E-state index in [1.54, 1.807) is 17.0 Å². The number of alkyl carbamates (subject to hydrolysis) is 1. The molecular weight excluding hydrogens is 356 g/mol. The maximum atomic E-state index is 12.2. The molecule has 3 unspecified atom stereocenters. The van der Waals surface area contributed by atoms with Crippen LogP contribution in [-0.4, -0.2) is 41.3 Å². The van der Waals surface area contributed by atoms with Crippen LogP contribution in [0.2, 0.25) is 5.02 Å². The third-order valence-electron chi connectivity index (χ3n) is 4.76. The van der Waals surface area contributed by atoms with Gasteiger partial charge in [0.05, 0.1) is 0 Å². The summed E-state index contributed by atoms with van der Waals surface area (Å²) >= 11 is 5.84. The first-order valence-electron chi connectivity index (χ1n) is 8.88. The molecule has 0 aromatic heterocycles. The molecule has 2 aliphatic rings. The van der Waals surface area contributed by atoms with Gasteiger partial charge < -0.3 is 19.7 Å². The van der Waals surface area contributed by atoms with Gasteiger partial charge in [0.1, 0.15) is 12.2 Å². The van der Waals surface area contributed by atoms with Crippen LogP contribution in [0.25, 0.3) is 0 Å². The predicted octanol–water partition coefficient (Wildman–Crippen LogP) is 3.96. The number of nitrogens with zero attached hydrogens (tertiary/aromatic N) is 1. The Morgan fingerprint density at radius 3 is 2.50 bits per heavy atom. The highest BCUT2D eigenvalue weighted by Gasteiger charge is 2.48. The summed E-state index contributed by atoms with van der Waals surface area (Å²) in [5.41, 5.74) is 0.385. The number of halogens is 1. The van der Waals surface area contributed by atoms with E-state index in [9.17, 15) is 9.59 Å². The van der Waals surface area contributed by atoms with Crippen molar-refractivity contribution in [2.75, 3.05) is 6.54 Å². The highest BCUT2D eigenvalue weighted by Crippen LogP contribution is 2.38. The summed E-state index contributed by atoms with van der Waals surface area (Å²) in [6.07, 6.45) is 0.927. The SMILES string of the molecule is CC(C)(C)OC(=O)N1CC2CC1CC2NC(=O)OCc1ccc(Cl)cc1. The standard InChI is InChI=1S/C19H25ClN2O4/c1-19(2,3)26-18(24)22-10-13-8-15(22)9-16(13)21-17(23)25-11-12-4-6-14(20)7-5-12/h4-7,13,15-16H,8-11H2,1-3H3,(H,21,23). The van der Waals surface area contributed by atoms with Crippen LogP contribution in [0.15, 0.2) is 24.3 Å². The van der Waals surface area contributed by atoms with E-state index >= 15 is 0 Å². The Morgan fingerprint density at radius 2 is 1.92 bits per heavy atom. The number of rotatable bonds is 3. The number of ether oxygens (including phenoxy) is 2. The monoisotopic (exact) mass is 380 g/mol. The zero-order chi connectivity index (χ0) is 18.9. The molecular formula is C19H25ClN2O4. The lowest BCUT2D eigenvalue weighted by Crippen LogP contribution is -2.48. The number of benzene rings is 1. The molecule has 0 radical (unpaired) electrons. The summed E-state index contributed by atoms with van der Waals surface area (Å²) in [5.74, 6) is 0.246. The smallest absolute Gasteiger partial charge is 0.410 e. The first-order valence-corrected chi connectivity index (χ1v) is 9.26. The van der Waals surface area contributed by atoms with Crippen molar-refractivity contribution >= 4 is 23.8 Å². The van der Waals surface area contributed by atoms with Crippen LogP contribution in [0.1, 0.15) is 39.2 Å². The van der Waals surface area contributed by atoms with Crippen molar-refractivity contribution in [1.29, 1.82) is 0 Å². The van der Waals surface area contributed by atoms with Crippen molar-refractivity contribution < 1.29 is 19.1 Å². The van der Waals surface area contributed by atoms with E-state index in [0.29, 0.717) is 11.6 Å². The Morgan fingerprint density at radius 1 is 1.23 bits per heavy atom. The molecule has 7 heteroatoms. The molecule has 3 rings (SSSR count). The van der Waals surface area contributed by atoms with Gasteiger partial charge >= 0.3 is 12.2 Å². The van der Waals surface area contributed by atoms with Gasteiger partial charge in [-0.05, 0) is 57.2 Å². The first-order chi connectivity index (χ1) is 12.2. The molecule has 1 heterocycles. The lowest BCUT2D eigenvalue weighted by atomic mass is 10.0. The highest BCUT2D eigenvalue weighted by atomic mass is 35.5. The number of piperidine rings is 1. The lowest BCUT2D eigenvalue weighted by molar-refractivity contribution is 0.0175. The molecule has 1 aliphatic carbocycles. The van der Waals surface area contributed by atoms with Crippen LogP contribution in [0.4, 0.5) is 9.59 Å². The molecule has 2 amide bonds. The van der Waals surface area contributed by atoms with Crippen LogP contribution in [0.5, 0.6) is 0 Å². The van der Waals surface area contributed by atoms with E-state index in [1.807, 2.05) is 32.9 Å². The summed E-state index contributed by atoms with van der Waals surface area (Å²) < 4.78 is 10.7. The molecule has 6 nitrogen and oxygen atoms in total. The molecule has 3 atom stereocenters. The Bertz CT molecular complexity index is 671. The third kappa shape index (κ3) is 4.61. The quantitative estimate of drug-likeness (QED) is 0.861. The maximum Gasteiger partial charge on any atom is 0.410 e. The largest absolute Gasteiger partial charge is 0.445 e.